The largest absolute Gasteiger partial charge is 0.372 e. The first-order chi connectivity index (χ1) is 13.1. The van der Waals surface area contributed by atoms with E-state index in [0.717, 1.165) is 44.1 Å². The molecule has 7 nitrogen and oxygen atoms in total. The van der Waals surface area contributed by atoms with Crippen molar-refractivity contribution >= 4 is 29.6 Å². The molecule has 0 bridgehead atoms. The maximum Gasteiger partial charge on any atom is 0.227 e. The molecule has 1 aliphatic heterocycles. The number of amides is 1. The van der Waals surface area contributed by atoms with Crippen LogP contribution in [0.25, 0.3) is 0 Å². The number of aromatic nitrogens is 2. The molecule has 27 heavy (non-hydrogen) atoms. The average molecular weight is 368 g/mol. The van der Waals surface area contributed by atoms with E-state index in [1.54, 1.807) is 11.1 Å². The normalized spacial score (nSPS) is 14.2. The van der Waals surface area contributed by atoms with E-state index in [0.29, 0.717) is 19.0 Å². The summed E-state index contributed by atoms with van der Waals surface area (Å²) in [6.45, 7) is 11.3. The fourth-order valence-corrected chi connectivity index (χ4v) is 3.31. The number of hydrogen-bond acceptors (Lipinski definition) is 6. The number of nitrogens with one attached hydrogen (secondary N) is 1. The molecule has 0 saturated carbocycles. The minimum absolute atomic E-state index is 0.697. The Hall–Kier alpha value is -2.83. The number of hydrogen-bond donors (Lipinski definition) is 1. The number of anilines is 4. The first-order valence-corrected chi connectivity index (χ1v) is 9.54. The van der Waals surface area contributed by atoms with Gasteiger partial charge in [0.15, 0.2) is 0 Å². The SMILES string of the molecule is CCN(CC)c1ccc(Nc2ccnc(N3CCN(C=O)CC3)n2)c(C)c1. The number of carbonyl (C=O) groups excluding carboxylic acids is 1. The second kappa shape index (κ2) is 8.70. The fraction of sp³-hybridized carbons (Fsp3) is 0.450. The van der Waals surface area contributed by atoms with Gasteiger partial charge in [0.1, 0.15) is 5.82 Å². The minimum atomic E-state index is 0.697. The molecule has 1 aromatic carbocycles. The molecule has 7 heteroatoms. The smallest absolute Gasteiger partial charge is 0.227 e. The zero-order valence-electron chi connectivity index (χ0n) is 16.4. The van der Waals surface area contributed by atoms with E-state index < -0.39 is 0 Å². The first-order valence-electron chi connectivity index (χ1n) is 9.54. The summed E-state index contributed by atoms with van der Waals surface area (Å²) in [4.78, 5) is 26.1. The molecular formula is C20H28N6O. The van der Waals surface area contributed by atoms with Crippen molar-refractivity contribution in [3.63, 3.8) is 0 Å². The molecule has 0 atom stereocenters. The Morgan fingerprint density at radius 2 is 1.89 bits per heavy atom. The molecule has 2 heterocycles. The van der Waals surface area contributed by atoms with Crippen molar-refractivity contribution in [1.82, 2.24) is 14.9 Å². The van der Waals surface area contributed by atoms with Crippen LogP contribution in [0.5, 0.6) is 0 Å². The lowest BCUT2D eigenvalue weighted by atomic mass is 10.1. The van der Waals surface area contributed by atoms with E-state index in [9.17, 15) is 4.79 Å². The van der Waals surface area contributed by atoms with Crippen LogP contribution < -0.4 is 15.1 Å². The van der Waals surface area contributed by atoms with Gasteiger partial charge < -0.3 is 20.0 Å². The predicted octanol–water partition coefficient (Wildman–Crippen LogP) is 2.65. The molecule has 1 fully saturated rings. The Morgan fingerprint density at radius 3 is 2.52 bits per heavy atom. The molecule has 0 radical (unpaired) electrons. The van der Waals surface area contributed by atoms with Gasteiger partial charge in [-0.25, -0.2) is 4.98 Å². The van der Waals surface area contributed by atoms with Gasteiger partial charge in [0.05, 0.1) is 0 Å². The molecule has 0 aliphatic carbocycles. The van der Waals surface area contributed by atoms with Crippen molar-refractivity contribution in [2.45, 2.75) is 20.8 Å². The topological polar surface area (TPSA) is 64.6 Å². The summed E-state index contributed by atoms with van der Waals surface area (Å²) in [6.07, 6.45) is 2.68. The lowest BCUT2D eigenvalue weighted by Gasteiger charge is -2.32. The van der Waals surface area contributed by atoms with Gasteiger partial charge in [-0.05, 0) is 50.6 Å². The maximum absolute atomic E-state index is 10.9. The van der Waals surface area contributed by atoms with Gasteiger partial charge in [-0.3, -0.25) is 4.79 Å². The average Bonchev–Trinajstić information content (AvgIpc) is 2.71. The van der Waals surface area contributed by atoms with Crippen LogP contribution in [0.1, 0.15) is 19.4 Å². The zero-order valence-corrected chi connectivity index (χ0v) is 16.4. The molecule has 1 saturated heterocycles. The zero-order chi connectivity index (χ0) is 19.2. The summed E-state index contributed by atoms with van der Waals surface area (Å²) in [7, 11) is 0. The second-order valence-electron chi connectivity index (χ2n) is 6.67. The number of nitrogens with zero attached hydrogens (tertiary/aromatic N) is 5. The molecule has 1 N–H and O–H groups in total. The van der Waals surface area contributed by atoms with E-state index in [2.05, 4.69) is 64.1 Å². The van der Waals surface area contributed by atoms with E-state index >= 15 is 0 Å². The highest BCUT2D eigenvalue weighted by molar-refractivity contribution is 5.65. The summed E-state index contributed by atoms with van der Waals surface area (Å²) in [5, 5.41) is 3.41. The molecule has 144 valence electrons. The van der Waals surface area contributed by atoms with Gasteiger partial charge in [0.25, 0.3) is 0 Å². The lowest BCUT2D eigenvalue weighted by molar-refractivity contribution is -0.118. The van der Waals surface area contributed by atoms with Gasteiger partial charge in [-0.15, -0.1) is 0 Å². The number of benzene rings is 1. The van der Waals surface area contributed by atoms with E-state index in [-0.39, 0.29) is 0 Å². The highest BCUT2D eigenvalue weighted by Gasteiger charge is 2.18. The van der Waals surface area contributed by atoms with Gasteiger partial charge in [-0.2, -0.15) is 4.98 Å². The Balaban J connectivity index is 1.72. The Morgan fingerprint density at radius 1 is 1.15 bits per heavy atom. The van der Waals surface area contributed by atoms with Gasteiger partial charge in [0, 0.05) is 56.8 Å². The standard InChI is InChI=1S/C20H28N6O/c1-4-25(5-2)17-6-7-18(16(3)14-17)22-19-8-9-21-20(23-19)26-12-10-24(15-27)11-13-26/h6-9,14-15H,4-5,10-13H2,1-3H3,(H,21,22,23). The third-order valence-corrected chi connectivity index (χ3v) is 4.99. The van der Waals surface area contributed by atoms with Crippen molar-refractivity contribution < 1.29 is 4.79 Å². The first kappa shape index (κ1) is 18.9. The third-order valence-electron chi connectivity index (χ3n) is 4.99. The summed E-state index contributed by atoms with van der Waals surface area (Å²) in [6, 6.07) is 8.33. The Labute approximate surface area is 161 Å². The van der Waals surface area contributed by atoms with Crippen molar-refractivity contribution in [3.05, 3.63) is 36.0 Å². The number of piperazine rings is 1. The Kier molecular flexibility index (Phi) is 6.11. The molecule has 1 aliphatic rings. The summed E-state index contributed by atoms with van der Waals surface area (Å²) in [5.41, 5.74) is 3.46. The van der Waals surface area contributed by atoms with Crippen LogP contribution in [0.3, 0.4) is 0 Å². The second-order valence-corrected chi connectivity index (χ2v) is 6.67. The molecule has 1 aromatic heterocycles. The van der Waals surface area contributed by atoms with Crippen LogP contribution in [0.2, 0.25) is 0 Å². The van der Waals surface area contributed by atoms with Gasteiger partial charge in [-0.1, -0.05) is 0 Å². The van der Waals surface area contributed by atoms with Crippen molar-refractivity contribution in [2.24, 2.45) is 0 Å². The van der Waals surface area contributed by atoms with Crippen LogP contribution in [0.4, 0.5) is 23.1 Å². The van der Waals surface area contributed by atoms with Crippen molar-refractivity contribution in [2.75, 3.05) is 54.4 Å². The Bertz CT molecular complexity index is 769. The number of rotatable bonds is 7. The summed E-state index contributed by atoms with van der Waals surface area (Å²) in [5.74, 6) is 1.47. The third kappa shape index (κ3) is 4.48. The summed E-state index contributed by atoms with van der Waals surface area (Å²) < 4.78 is 0. The fourth-order valence-electron chi connectivity index (χ4n) is 3.31. The lowest BCUT2D eigenvalue weighted by Crippen LogP contribution is -2.46. The number of carbonyl (C=O) groups is 1. The van der Waals surface area contributed by atoms with Crippen LogP contribution in [-0.4, -0.2) is 60.5 Å². The number of aryl methyl sites for hydroxylation is 1. The van der Waals surface area contributed by atoms with Crippen molar-refractivity contribution in [1.29, 1.82) is 0 Å². The van der Waals surface area contributed by atoms with E-state index in [4.69, 9.17) is 0 Å². The van der Waals surface area contributed by atoms with Crippen LogP contribution >= 0.6 is 0 Å². The summed E-state index contributed by atoms with van der Waals surface area (Å²) >= 11 is 0. The van der Waals surface area contributed by atoms with Crippen molar-refractivity contribution in [3.8, 4) is 0 Å². The van der Waals surface area contributed by atoms with Crippen LogP contribution in [0, 0.1) is 6.92 Å². The maximum atomic E-state index is 10.9. The predicted molar refractivity (Wildman–Crippen MR) is 110 cm³/mol. The molecule has 1 amide bonds. The monoisotopic (exact) mass is 368 g/mol. The van der Waals surface area contributed by atoms with Gasteiger partial charge in [0.2, 0.25) is 12.4 Å². The van der Waals surface area contributed by atoms with E-state index in [1.807, 2.05) is 6.07 Å². The molecule has 3 rings (SSSR count). The molecule has 0 spiro atoms. The van der Waals surface area contributed by atoms with E-state index in [1.165, 1.54) is 11.3 Å². The minimum Gasteiger partial charge on any atom is -0.372 e. The highest BCUT2D eigenvalue weighted by atomic mass is 16.1. The molecule has 0 unspecified atom stereocenters. The van der Waals surface area contributed by atoms with Crippen LogP contribution in [0.15, 0.2) is 30.5 Å². The van der Waals surface area contributed by atoms with Gasteiger partial charge >= 0.3 is 0 Å². The molecule has 2 aromatic rings. The highest BCUT2D eigenvalue weighted by Crippen LogP contribution is 2.25. The quantitative estimate of drug-likeness (QED) is 0.758. The van der Waals surface area contributed by atoms with Crippen LogP contribution in [-0.2, 0) is 4.79 Å². The molecular weight excluding hydrogens is 340 g/mol.